The van der Waals surface area contributed by atoms with E-state index in [0.717, 1.165) is 12.3 Å². The van der Waals surface area contributed by atoms with Gasteiger partial charge < -0.3 is 0 Å². The smallest absolute Gasteiger partial charge is 0.277 e. The molecule has 0 bridgehead atoms. The number of nitrogens with zero attached hydrogens (tertiary/aromatic N) is 3. The number of rotatable bonds is 1. The minimum Gasteiger partial charge on any atom is -0.300 e. The number of thioether (sulfide) groups is 1. The number of amidine groups is 1. The molecule has 86 valence electrons. The molecule has 1 aromatic rings. The van der Waals surface area contributed by atoms with E-state index < -0.39 is 0 Å². The summed E-state index contributed by atoms with van der Waals surface area (Å²) in [7, 11) is 1.69. The lowest BCUT2D eigenvalue weighted by atomic mass is 10.3. The van der Waals surface area contributed by atoms with E-state index in [4.69, 9.17) is 11.6 Å². The Bertz CT molecular complexity index is 468. The Hall–Kier alpha value is -1.01. The lowest BCUT2D eigenvalue weighted by molar-refractivity contribution is 0.0969. The van der Waals surface area contributed by atoms with Crippen molar-refractivity contribution in [3.8, 4) is 0 Å². The van der Waals surface area contributed by atoms with Crippen LogP contribution in [0.4, 0.5) is 0 Å². The van der Waals surface area contributed by atoms with E-state index in [9.17, 15) is 4.79 Å². The summed E-state index contributed by atoms with van der Waals surface area (Å²) in [6, 6.07) is 0. The van der Waals surface area contributed by atoms with E-state index in [1.165, 1.54) is 16.4 Å². The summed E-state index contributed by atoms with van der Waals surface area (Å²) in [4.78, 5) is 16.0. The maximum atomic E-state index is 11.9. The van der Waals surface area contributed by atoms with Crippen LogP contribution in [0.25, 0.3) is 0 Å². The second kappa shape index (κ2) is 4.47. The van der Waals surface area contributed by atoms with Crippen molar-refractivity contribution in [2.24, 2.45) is 12.0 Å². The Labute approximate surface area is 102 Å². The van der Waals surface area contributed by atoms with Crippen molar-refractivity contribution in [1.82, 2.24) is 15.1 Å². The number of hydrogen-bond donors (Lipinski definition) is 1. The van der Waals surface area contributed by atoms with E-state index in [0.29, 0.717) is 21.6 Å². The Balaban J connectivity index is 2.20. The maximum absolute atomic E-state index is 11.9. The molecule has 1 aromatic heterocycles. The predicted molar refractivity (Wildman–Crippen MR) is 65.2 cm³/mol. The first-order valence-corrected chi connectivity index (χ1v) is 6.13. The van der Waals surface area contributed by atoms with Crippen molar-refractivity contribution < 1.29 is 4.79 Å². The number of nitrogens with one attached hydrogen (secondary N) is 1. The zero-order valence-electron chi connectivity index (χ0n) is 8.95. The van der Waals surface area contributed by atoms with E-state index in [1.807, 2.05) is 0 Å². The zero-order chi connectivity index (χ0) is 11.7. The summed E-state index contributed by atoms with van der Waals surface area (Å²) in [5.41, 5.74) is 1.02. The summed E-state index contributed by atoms with van der Waals surface area (Å²) >= 11 is 7.53. The molecule has 1 N–H and O–H groups in total. The Morgan fingerprint density at radius 1 is 1.62 bits per heavy atom. The minimum absolute atomic E-state index is 0.263. The summed E-state index contributed by atoms with van der Waals surface area (Å²) in [5.74, 6) is 0.648. The van der Waals surface area contributed by atoms with Crippen LogP contribution in [0.2, 0.25) is 5.02 Å². The quantitative estimate of drug-likeness (QED) is 0.824. The highest BCUT2D eigenvalue weighted by atomic mass is 35.5. The van der Waals surface area contributed by atoms with Crippen molar-refractivity contribution in [3.05, 3.63) is 16.4 Å². The molecule has 2 heterocycles. The third-order valence-corrected chi connectivity index (χ3v) is 3.51. The van der Waals surface area contributed by atoms with Gasteiger partial charge in [0, 0.05) is 12.8 Å². The molecular weight excluding hydrogens is 248 g/mol. The molecule has 0 saturated carbocycles. The number of carbonyl (C=O) groups excluding carboxylic acids is 1. The number of carbonyl (C=O) groups is 1. The van der Waals surface area contributed by atoms with Crippen molar-refractivity contribution in [1.29, 1.82) is 0 Å². The molecule has 0 unspecified atom stereocenters. The number of hydrogen-bond acceptors (Lipinski definition) is 4. The Morgan fingerprint density at radius 3 is 2.88 bits per heavy atom. The third kappa shape index (κ3) is 2.08. The normalized spacial score (nSPS) is 15.1. The van der Waals surface area contributed by atoms with Gasteiger partial charge in [0.15, 0.2) is 5.17 Å². The summed E-state index contributed by atoms with van der Waals surface area (Å²) in [6.45, 7) is 2.51. The number of aryl methyl sites for hydroxylation is 2. The van der Waals surface area contributed by atoms with Crippen LogP contribution in [-0.2, 0) is 7.05 Å². The molecule has 0 aromatic carbocycles. The molecule has 0 spiro atoms. The summed E-state index contributed by atoms with van der Waals surface area (Å²) in [6.07, 6.45) is 0. The molecule has 0 saturated heterocycles. The van der Waals surface area contributed by atoms with Crippen LogP contribution >= 0.6 is 23.4 Å². The van der Waals surface area contributed by atoms with E-state index in [2.05, 4.69) is 15.4 Å². The van der Waals surface area contributed by atoms with Gasteiger partial charge in [-0.1, -0.05) is 23.4 Å². The molecule has 16 heavy (non-hydrogen) atoms. The molecule has 2 rings (SSSR count). The monoisotopic (exact) mass is 258 g/mol. The summed E-state index contributed by atoms with van der Waals surface area (Å²) in [5, 5.41) is 7.85. The van der Waals surface area contributed by atoms with E-state index >= 15 is 0 Å². The fourth-order valence-corrected chi connectivity index (χ4v) is 2.42. The van der Waals surface area contributed by atoms with Gasteiger partial charge in [-0.05, 0) is 6.92 Å². The van der Waals surface area contributed by atoms with Gasteiger partial charge >= 0.3 is 0 Å². The average Bonchev–Trinajstić information content (AvgIpc) is 2.77. The third-order valence-electron chi connectivity index (χ3n) is 2.17. The maximum Gasteiger partial charge on any atom is 0.277 e. The highest BCUT2D eigenvalue weighted by Gasteiger charge is 2.20. The molecule has 7 heteroatoms. The fourth-order valence-electron chi connectivity index (χ4n) is 1.45. The molecule has 0 radical (unpaired) electrons. The van der Waals surface area contributed by atoms with Crippen LogP contribution in [0.3, 0.4) is 0 Å². The van der Waals surface area contributed by atoms with Crippen LogP contribution in [0, 0.1) is 6.92 Å². The molecule has 0 atom stereocenters. The van der Waals surface area contributed by atoms with Crippen molar-refractivity contribution in [3.63, 3.8) is 0 Å². The van der Waals surface area contributed by atoms with Gasteiger partial charge in [-0.15, -0.1) is 0 Å². The average molecular weight is 259 g/mol. The van der Waals surface area contributed by atoms with Crippen molar-refractivity contribution in [2.45, 2.75) is 6.92 Å². The molecule has 1 amide bonds. The van der Waals surface area contributed by atoms with E-state index in [-0.39, 0.29) is 5.91 Å². The molecule has 1 aliphatic rings. The van der Waals surface area contributed by atoms with Crippen LogP contribution in [0.1, 0.15) is 16.2 Å². The number of aromatic nitrogens is 2. The summed E-state index contributed by atoms with van der Waals surface area (Å²) < 4.78 is 1.48. The Morgan fingerprint density at radius 2 is 2.38 bits per heavy atom. The Kier molecular flexibility index (Phi) is 3.20. The van der Waals surface area contributed by atoms with Crippen LogP contribution in [0.5, 0.6) is 0 Å². The molecule has 5 nitrogen and oxygen atoms in total. The number of amides is 1. The van der Waals surface area contributed by atoms with Crippen molar-refractivity contribution in [2.75, 3.05) is 12.3 Å². The van der Waals surface area contributed by atoms with Gasteiger partial charge in [0.05, 0.1) is 17.3 Å². The molecule has 0 fully saturated rings. The van der Waals surface area contributed by atoms with Gasteiger partial charge in [-0.3, -0.25) is 19.8 Å². The van der Waals surface area contributed by atoms with Crippen LogP contribution in [-0.4, -0.2) is 33.2 Å². The highest BCUT2D eigenvalue weighted by molar-refractivity contribution is 8.14. The first-order valence-electron chi connectivity index (χ1n) is 4.77. The van der Waals surface area contributed by atoms with E-state index in [1.54, 1.807) is 14.0 Å². The number of aliphatic imine (C=N–C) groups is 1. The predicted octanol–water partition coefficient (Wildman–Crippen LogP) is 1.21. The fraction of sp³-hybridized carbons (Fsp3) is 0.444. The number of halogens is 1. The molecular formula is C9H11ClN4OS. The molecule has 1 aliphatic heterocycles. The minimum atomic E-state index is -0.263. The van der Waals surface area contributed by atoms with Gasteiger partial charge in [0.2, 0.25) is 0 Å². The van der Waals surface area contributed by atoms with Gasteiger partial charge in [0.25, 0.3) is 5.91 Å². The van der Waals surface area contributed by atoms with Crippen molar-refractivity contribution >= 4 is 34.4 Å². The largest absolute Gasteiger partial charge is 0.300 e. The van der Waals surface area contributed by atoms with Gasteiger partial charge in [-0.25, -0.2) is 0 Å². The highest BCUT2D eigenvalue weighted by Crippen LogP contribution is 2.19. The SMILES string of the molecule is Cc1nn(C)c(C(=O)NC2=NCCS2)c1Cl. The van der Waals surface area contributed by atoms with Crippen LogP contribution < -0.4 is 5.32 Å². The second-order valence-corrected chi connectivity index (χ2v) is 4.82. The van der Waals surface area contributed by atoms with Crippen LogP contribution in [0.15, 0.2) is 4.99 Å². The first kappa shape index (κ1) is 11.5. The first-order chi connectivity index (χ1) is 7.59. The second-order valence-electron chi connectivity index (χ2n) is 3.36. The standard InChI is InChI=1S/C9H11ClN4OS/c1-5-6(10)7(14(2)13-5)8(15)12-9-11-3-4-16-9/h3-4H2,1-2H3,(H,11,12,15). The van der Waals surface area contributed by atoms with Gasteiger partial charge in [-0.2, -0.15) is 5.10 Å². The lowest BCUT2D eigenvalue weighted by Crippen LogP contribution is -2.29. The topological polar surface area (TPSA) is 59.3 Å². The van der Waals surface area contributed by atoms with Gasteiger partial charge in [0.1, 0.15) is 5.69 Å². The molecule has 0 aliphatic carbocycles. The lowest BCUT2D eigenvalue weighted by Gasteiger charge is -2.04. The zero-order valence-corrected chi connectivity index (χ0v) is 10.5.